The summed E-state index contributed by atoms with van der Waals surface area (Å²) in [5, 5.41) is 6.72. The minimum Gasteiger partial charge on any atom is -0.456 e. The fourth-order valence-corrected chi connectivity index (χ4v) is 4.33. The Balaban J connectivity index is 1.39. The van der Waals surface area contributed by atoms with E-state index in [2.05, 4.69) is 20.6 Å². The summed E-state index contributed by atoms with van der Waals surface area (Å²) in [4.78, 5) is 21.9. The first-order valence-electron chi connectivity index (χ1n) is 9.48. The lowest BCUT2D eigenvalue weighted by Crippen LogP contribution is -2.34. The molecule has 1 fully saturated rings. The minimum atomic E-state index is 0.438. The molecular formula is C21H21ClN4O2S. The molecule has 150 valence electrons. The Hall–Kier alpha value is -2.48. The number of benzene rings is 1. The Bertz CT molecular complexity index is 973. The molecule has 2 aromatic heterocycles. The van der Waals surface area contributed by atoms with Gasteiger partial charge < -0.3 is 14.8 Å². The normalized spacial score (nSPS) is 15.2. The maximum Gasteiger partial charge on any atom is 0.188 e. The molecule has 1 aromatic carbocycles. The molecule has 4 rings (SSSR count). The van der Waals surface area contributed by atoms with Crippen LogP contribution in [0.1, 0.15) is 24.5 Å². The molecule has 3 heterocycles. The lowest BCUT2D eigenvalue weighted by Gasteiger charge is -2.29. The van der Waals surface area contributed by atoms with Gasteiger partial charge in [-0.15, -0.1) is 11.3 Å². The number of pyridine rings is 1. The molecule has 0 amide bonds. The van der Waals surface area contributed by atoms with E-state index in [-0.39, 0.29) is 0 Å². The number of thiazole rings is 1. The third kappa shape index (κ3) is 5.12. The van der Waals surface area contributed by atoms with Gasteiger partial charge in [0.05, 0.1) is 17.3 Å². The number of hydrogen-bond donors (Lipinski definition) is 1. The van der Waals surface area contributed by atoms with Crippen LogP contribution in [0.3, 0.4) is 0 Å². The number of rotatable bonds is 7. The number of carbonyl (C=O) groups excluding carboxylic acids is 1. The van der Waals surface area contributed by atoms with Crippen LogP contribution < -0.4 is 10.1 Å². The van der Waals surface area contributed by atoms with Crippen molar-refractivity contribution in [2.45, 2.75) is 18.8 Å². The minimum absolute atomic E-state index is 0.438. The van der Waals surface area contributed by atoms with Crippen LogP contribution in [0.15, 0.2) is 48.0 Å². The van der Waals surface area contributed by atoms with Gasteiger partial charge in [0.2, 0.25) is 0 Å². The van der Waals surface area contributed by atoms with E-state index in [1.807, 2.05) is 24.3 Å². The van der Waals surface area contributed by atoms with Crippen molar-refractivity contribution < 1.29 is 9.53 Å². The number of nitrogens with one attached hydrogen (secondary N) is 1. The number of ether oxygens (including phenoxy) is 1. The van der Waals surface area contributed by atoms with E-state index in [0.717, 1.165) is 43.0 Å². The first-order valence-corrected chi connectivity index (χ1v) is 10.7. The van der Waals surface area contributed by atoms with E-state index in [9.17, 15) is 4.79 Å². The molecule has 0 atom stereocenters. The number of anilines is 2. The SMILES string of the molecule is O=CCN1CCC(c2csc(Nc3cc(Oc4ccccc4Cl)ccn3)n2)CC1. The van der Waals surface area contributed by atoms with Crippen LogP contribution in [0, 0.1) is 0 Å². The zero-order chi connectivity index (χ0) is 20.1. The fraction of sp³-hybridized carbons (Fsp3) is 0.286. The average Bonchev–Trinajstić information content (AvgIpc) is 3.19. The molecule has 0 unspecified atom stereocenters. The third-order valence-corrected chi connectivity index (χ3v) is 5.98. The van der Waals surface area contributed by atoms with Crippen molar-refractivity contribution in [3.8, 4) is 11.5 Å². The topological polar surface area (TPSA) is 67.4 Å². The van der Waals surface area contributed by atoms with E-state index < -0.39 is 0 Å². The highest BCUT2D eigenvalue weighted by Gasteiger charge is 2.22. The van der Waals surface area contributed by atoms with Crippen molar-refractivity contribution in [3.63, 3.8) is 0 Å². The van der Waals surface area contributed by atoms with Gasteiger partial charge in [0.25, 0.3) is 0 Å². The number of carbonyl (C=O) groups is 1. The van der Waals surface area contributed by atoms with E-state index in [1.54, 1.807) is 29.7 Å². The summed E-state index contributed by atoms with van der Waals surface area (Å²) in [6.45, 7) is 2.40. The molecule has 29 heavy (non-hydrogen) atoms. The molecular weight excluding hydrogens is 408 g/mol. The second-order valence-electron chi connectivity index (χ2n) is 6.85. The lowest BCUT2D eigenvalue weighted by molar-refractivity contribution is -0.109. The van der Waals surface area contributed by atoms with Gasteiger partial charge >= 0.3 is 0 Å². The maximum absolute atomic E-state index is 10.7. The van der Waals surface area contributed by atoms with Gasteiger partial charge in [-0.3, -0.25) is 4.90 Å². The predicted octanol–water partition coefficient (Wildman–Crippen LogP) is 5.11. The second kappa shape index (κ2) is 9.35. The fourth-order valence-electron chi connectivity index (χ4n) is 3.35. The maximum atomic E-state index is 10.7. The quantitative estimate of drug-likeness (QED) is 0.527. The Labute approximate surface area is 178 Å². The summed E-state index contributed by atoms with van der Waals surface area (Å²) < 4.78 is 5.86. The van der Waals surface area contributed by atoms with Crippen LogP contribution >= 0.6 is 22.9 Å². The molecule has 0 bridgehead atoms. The van der Waals surface area contributed by atoms with Gasteiger partial charge in [-0.1, -0.05) is 23.7 Å². The zero-order valence-electron chi connectivity index (χ0n) is 15.8. The summed E-state index contributed by atoms with van der Waals surface area (Å²) >= 11 is 7.73. The van der Waals surface area contributed by atoms with Crippen molar-refractivity contribution in [2.75, 3.05) is 25.0 Å². The Morgan fingerprint density at radius 1 is 1.28 bits per heavy atom. The number of likely N-dealkylation sites (tertiary alicyclic amines) is 1. The van der Waals surface area contributed by atoms with Crippen LogP contribution in [0.5, 0.6) is 11.5 Å². The number of hydrogen-bond acceptors (Lipinski definition) is 7. The standard InChI is InChI=1S/C21H21ClN4O2S/c22-17-3-1-2-4-19(17)28-16-5-8-23-20(13-16)25-21-24-18(14-29-21)15-6-9-26(10-7-15)11-12-27/h1-5,8,12-15H,6-7,9-11H2,(H,23,24,25). The van der Waals surface area contributed by atoms with Crippen molar-refractivity contribution in [1.29, 1.82) is 0 Å². The van der Waals surface area contributed by atoms with E-state index in [1.165, 1.54) is 0 Å². The number of halogens is 1. The monoisotopic (exact) mass is 428 g/mol. The van der Waals surface area contributed by atoms with Crippen LogP contribution in [0.2, 0.25) is 5.02 Å². The van der Waals surface area contributed by atoms with Gasteiger partial charge in [0.1, 0.15) is 23.6 Å². The van der Waals surface area contributed by atoms with Gasteiger partial charge in [-0.05, 0) is 44.1 Å². The number of piperidine rings is 1. The molecule has 1 aliphatic rings. The summed E-state index contributed by atoms with van der Waals surface area (Å²) in [5.41, 5.74) is 1.10. The molecule has 0 radical (unpaired) electrons. The van der Waals surface area contributed by atoms with Gasteiger partial charge in [0, 0.05) is 23.6 Å². The van der Waals surface area contributed by atoms with Crippen LogP contribution in [-0.4, -0.2) is 40.8 Å². The van der Waals surface area contributed by atoms with Crippen LogP contribution in [0.4, 0.5) is 10.9 Å². The summed E-state index contributed by atoms with van der Waals surface area (Å²) in [5.74, 6) is 2.35. The number of para-hydroxylation sites is 1. The molecule has 6 nitrogen and oxygen atoms in total. The molecule has 3 aromatic rings. The highest BCUT2D eigenvalue weighted by atomic mass is 35.5. The number of aldehydes is 1. The number of aromatic nitrogens is 2. The Morgan fingerprint density at radius 3 is 2.90 bits per heavy atom. The Kier molecular flexibility index (Phi) is 6.39. The van der Waals surface area contributed by atoms with Gasteiger partial charge in [0.15, 0.2) is 5.13 Å². The average molecular weight is 429 g/mol. The van der Waals surface area contributed by atoms with Crippen molar-refractivity contribution in [3.05, 3.63) is 58.7 Å². The Morgan fingerprint density at radius 2 is 2.10 bits per heavy atom. The third-order valence-electron chi connectivity index (χ3n) is 4.89. The molecule has 0 saturated carbocycles. The van der Waals surface area contributed by atoms with E-state index in [0.29, 0.717) is 34.8 Å². The first kappa shape index (κ1) is 19.8. The highest BCUT2D eigenvalue weighted by Crippen LogP contribution is 2.33. The molecule has 1 aliphatic heterocycles. The summed E-state index contributed by atoms with van der Waals surface area (Å²) in [6.07, 6.45) is 4.71. The van der Waals surface area contributed by atoms with Crippen molar-refractivity contribution in [2.24, 2.45) is 0 Å². The van der Waals surface area contributed by atoms with E-state index in [4.69, 9.17) is 21.3 Å². The molecule has 1 saturated heterocycles. The number of nitrogens with zero attached hydrogens (tertiary/aromatic N) is 3. The van der Waals surface area contributed by atoms with Gasteiger partial charge in [-0.2, -0.15) is 0 Å². The summed E-state index contributed by atoms with van der Waals surface area (Å²) in [6, 6.07) is 11.0. The predicted molar refractivity (Wildman–Crippen MR) is 116 cm³/mol. The van der Waals surface area contributed by atoms with Crippen molar-refractivity contribution >= 4 is 40.2 Å². The summed E-state index contributed by atoms with van der Waals surface area (Å²) in [7, 11) is 0. The molecule has 1 N–H and O–H groups in total. The van der Waals surface area contributed by atoms with Crippen molar-refractivity contribution in [1.82, 2.24) is 14.9 Å². The molecule has 0 spiro atoms. The molecule has 0 aliphatic carbocycles. The second-order valence-corrected chi connectivity index (χ2v) is 8.12. The zero-order valence-corrected chi connectivity index (χ0v) is 17.3. The largest absolute Gasteiger partial charge is 0.456 e. The molecule has 8 heteroatoms. The van der Waals surface area contributed by atoms with E-state index >= 15 is 0 Å². The smallest absolute Gasteiger partial charge is 0.188 e. The lowest BCUT2D eigenvalue weighted by atomic mass is 9.94. The first-order chi connectivity index (χ1) is 14.2. The highest BCUT2D eigenvalue weighted by molar-refractivity contribution is 7.13. The van der Waals surface area contributed by atoms with Crippen LogP contribution in [-0.2, 0) is 4.79 Å². The van der Waals surface area contributed by atoms with Gasteiger partial charge in [-0.25, -0.2) is 9.97 Å². The van der Waals surface area contributed by atoms with Crippen LogP contribution in [0.25, 0.3) is 0 Å².